The van der Waals surface area contributed by atoms with Gasteiger partial charge >= 0.3 is 5.97 Å². The van der Waals surface area contributed by atoms with Gasteiger partial charge in [0.15, 0.2) is 6.61 Å². The van der Waals surface area contributed by atoms with Crippen LogP contribution in [0.5, 0.6) is 5.75 Å². The number of amides is 1. The Hall–Kier alpha value is -2.83. The molecule has 2 aromatic rings. The highest BCUT2D eigenvalue weighted by atomic mass is 16.5. The first-order chi connectivity index (χ1) is 10.6. The number of carboxylic acids is 1. The molecule has 2 rings (SSSR count). The number of carbonyl (C=O) groups excluding carboxylic acids is 1. The molecule has 7 nitrogen and oxygen atoms in total. The number of aryl methyl sites for hydroxylation is 1. The van der Waals surface area contributed by atoms with E-state index >= 15 is 0 Å². The molecule has 0 aliphatic rings. The Labute approximate surface area is 127 Å². The summed E-state index contributed by atoms with van der Waals surface area (Å²) in [5.74, 6) is -0.961. The quantitative estimate of drug-likeness (QED) is 0.816. The number of hydrogen-bond donors (Lipinski definition) is 2. The summed E-state index contributed by atoms with van der Waals surface area (Å²) in [5.41, 5.74) is 0.987. The number of ether oxygens (including phenoxy) is 1. The molecule has 1 aromatic carbocycles. The van der Waals surface area contributed by atoms with Gasteiger partial charge in [-0.05, 0) is 18.6 Å². The lowest BCUT2D eigenvalue weighted by molar-refractivity contribution is -0.139. The molecule has 1 heterocycles. The standard InChI is InChI=1S/C15H17N3O4/c1-2-6-18-9-11(8-16-18)15(21)17-12-4-3-5-13(7-12)22-10-14(19)20/h3-5,7-9H,2,6,10H2,1H3,(H,17,21)(H,19,20). The van der Waals surface area contributed by atoms with Crippen LogP contribution in [-0.2, 0) is 11.3 Å². The molecule has 0 fully saturated rings. The number of carboxylic acid groups (broad SMARTS) is 1. The molecule has 2 N–H and O–H groups in total. The summed E-state index contributed by atoms with van der Waals surface area (Å²) >= 11 is 0. The third-order valence-corrected chi connectivity index (χ3v) is 2.80. The largest absolute Gasteiger partial charge is 0.482 e. The number of nitrogens with one attached hydrogen (secondary N) is 1. The molecule has 0 radical (unpaired) electrons. The molecule has 1 aromatic heterocycles. The van der Waals surface area contributed by atoms with E-state index in [2.05, 4.69) is 10.4 Å². The van der Waals surface area contributed by atoms with Crippen molar-refractivity contribution in [1.29, 1.82) is 0 Å². The molecule has 22 heavy (non-hydrogen) atoms. The topological polar surface area (TPSA) is 93.5 Å². The first kappa shape index (κ1) is 15.6. The van der Waals surface area contributed by atoms with Gasteiger partial charge in [0.1, 0.15) is 5.75 Å². The average Bonchev–Trinajstić information content (AvgIpc) is 2.95. The molecular formula is C15H17N3O4. The Morgan fingerprint density at radius 1 is 1.41 bits per heavy atom. The number of hydrogen-bond acceptors (Lipinski definition) is 4. The van der Waals surface area contributed by atoms with Crippen LogP contribution in [0.4, 0.5) is 5.69 Å². The third kappa shape index (κ3) is 4.34. The Morgan fingerprint density at radius 2 is 2.23 bits per heavy atom. The minimum absolute atomic E-state index is 0.280. The van der Waals surface area contributed by atoms with E-state index in [4.69, 9.17) is 9.84 Å². The van der Waals surface area contributed by atoms with E-state index in [1.54, 1.807) is 35.1 Å². The zero-order valence-electron chi connectivity index (χ0n) is 12.2. The Bertz CT molecular complexity index is 666. The van der Waals surface area contributed by atoms with E-state index in [0.717, 1.165) is 13.0 Å². The summed E-state index contributed by atoms with van der Waals surface area (Å²) in [5, 5.41) is 15.4. The van der Waals surface area contributed by atoms with Crippen molar-refractivity contribution in [1.82, 2.24) is 9.78 Å². The maximum atomic E-state index is 12.1. The number of rotatable bonds is 7. The van der Waals surface area contributed by atoms with Crippen LogP contribution in [0.2, 0.25) is 0 Å². The summed E-state index contributed by atoms with van der Waals surface area (Å²) < 4.78 is 6.77. The predicted molar refractivity (Wildman–Crippen MR) is 80.0 cm³/mol. The highest BCUT2D eigenvalue weighted by molar-refractivity contribution is 6.04. The van der Waals surface area contributed by atoms with Crippen LogP contribution in [0.25, 0.3) is 0 Å². The van der Waals surface area contributed by atoms with Crippen molar-refractivity contribution in [3.8, 4) is 5.75 Å². The smallest absolute Gasteiger partial charge is 0.341 e. The van der Waals surface area contributed by atoms with E-state index in [1.165, 1.54) is 6.20 Å². The fourth-order valence-corrected chi connectivity index (χ4v) is 1.84. The normalized spacial score (nSPS) is 10.2. The lowest BCUT2D eigenvalue weighted by Crippen LogP contribution is -2.12. The predicted octanol–water partition coefficient (Wildman–Crippen LogP) is 2.01. The van der Waals surface area contributed by atoms with Gasteiger partial charge in [-0.1, -0.05) is 13.0 Å². The van der Waals surface area contributed by atoms with Crippen molar-refractivity contribution in [3.05, 3.63) is 42.2 Å². The summed E-state index contributed by atoms with van der Waals surface area (Å²) in [6.45, 7) is 2.36. The van der Waals surface area contributed by atoms with Crippen LogP contribution in [0.15, 0.2) is 36.7 Å². The van der Waals surface area contributed by atoms with Crippen molar-refractivity contribution in [2.75, 3.05) is 11.9 Å². The molecule has 0 atom stereocenters. The monoisotopic (exact) mass is 303 g/mol. The number of nitrogens with zero attached hydrogens (tertiary/aromatic N) is 2. The summed E-state index contributed by atoms with van der Waals surface area (Å²) in [7, 11) is 0. The molecular weight excluding hydrogens is 286 g/mol. The van der Waals surface area contributed by atoms with Gasteiger partial charge in [-0.2, -0.15) is 5.10 Å². The van der Waals surface area contributed by atoms with E-state index in [1.807, 2.05) is 6.92 Å². The molecule has 0 saturated heterocycles. The number of carbonyl (C=O) groups is 2. The number of aliphatic carboxylic acids is 1. The first-order valence-electron chi connectivity index (χ1n) is 6.87. The molecule has 0 saturated carbocycles. The Balaban J connectivity index is 2.01. The van der Waals surface area contributed by atoms with Gasteiger partial charge in [0.2, 0.25) is 0 Å². The summed E-state index contributed by atoms with van der Waals surface area (Å²) in [6.07, 6.45) is 4.13. The van der Waals surface area contributed by atoms with Crippen LogP contribution < -0.4 is 10.1 Å². The molecule has 0 unspecified atom stereocenters. The number of anilines is 1. The molecule has 0 aliphatic carbocycles. The zero-order valence-corrected chi connectivity index (χ0v) is 12.2. The minimum atomic E-state index is -1.06. The van der Waals surface area contributed by atoms with Gasteiger partial charge < -0.3 is 15.2 Å². The number of benzene rings is 1. The lowest BCUT2D eigenvalue weighted by Gasteiger charge is -2.07. The van der Waals surface area contributed by atoms with Crippen LogP contribution in [0.1, 0.15) is 23.7 Å². The fraction of sp³-hybridized carbons (Fsp3) is 0.267. The second-order valence-corrected chi connectivity index (χ2v) is 4.66. The SMILES string of the molecule is CCCn1cc(C(=O)Nc2cccc(OCC(=O)O)c2)cn1. The zero-order chi connectivity index (χ0) is 15.9. The van der Waals surface area contributed by atoms with Gasteiger partial charge in [0, 0.05) is 24.5 Å². The average molecular weight is 303 g/mol. The van der Waals surface area contributed by atoms with Crippen molar-refractivity contribution in [2.24, 2.45) is 0 Å². The highest BCUT2D eigenvalue weighted by Gasteiger charge is 2.09. The van der Waals surface area contributed by atoms with Crippen molar-refractivity contribution < 1.29 is 19.4 Å². The lowest BCUT2D eigenvalue weighted by atomic mass is 10.2. The summed E-state index contributed by atoms with van der Waals surface area (Å²) in [6, 6.07) is 6.56. The Morgan fingerprint density at radius 3 is 2.95 bits per heavy atom. The van der Waals surface area contributed by atoms with Gasteiger partial charge in [0.05, 0.1) is 11.8 Å². The second kappa shape index (κ2) is 7.26. The Kier molecular flexibility index (Phi) is 5.13. The highest BCUT2D eigenvalue weighted by Crippen LogP contribution is 2.18. The van der Waals surface area contributed by atoms with Crippen LogP contribution in [0.3, 0.4) is 0 Å². The van der Waals surface area contributed by atoms with Crippen molar-refractivity contribution >= 4 is 17.6 Å². The third-order valence-electron chi connectivity index (χ3n) is 2.80. The summed E-state index contributed by atoms with van der Waals surface area (Å²) in [4.78, 5) is 22.6. The maximum absolute atomic E-state index is 12.1. The van der Waals surface area contributed by atoms with Gasteiger partial charge in [-0.3, -0.25) is 9.48 Å². The molecule has 0 bridgehead atoms. The molecule has 1 amide bonds. The van der Waals surface area contributed by atoms with Crippen LogP contribution in [-0.4, -0.2) is 33.4 Å². The molecule has 0 aliphatic heterocycles. The maximum Gasteiger partial charge on any atom is 0.341 e. The van der Waals surface area contributed by atoms with Gasteiger partial charge in [0.25, 0.3) is 5.91 Å². The first-order valence-corrected chi connectivity index (χ1v) is 6.87. The fourth-order valence-electron chi connectivity index (χ4n) is 1.84. The van der Waals surface area contributed by atoms with Crippen molar-refractivity contribution in [3.63, 3.8) is 0 Å². The van der Waals surface area contributed by atoms with Gasteiger partial charge in [-0.15, -0.1) is 0 Å². The molecule has 7 heteroatoms. The minimum Gasteiger partial charge on any atom is -0.482 e. The molecule has 0 spiro atoms. The van der Waals surface area contributed by atoms with E-state index in [-0.39, 0.29) is 5.91 Å². The van der Waals surface area contributed by atoms with Crippen LogP contribution >= 0.6 is 0 Å². The second-order valence-electron chi connectivity index (χ2n) is 4.66. The van der Waals surface area contributed by atoms with Crippen LogP contribution in [0, 0.1) is 0 Å². The van der Waals surface area contributed by atoms with E-state index in [9.17, 15) is 9.59 Å². The molecule has 116 valence electrons. The van der Waals surface area contributed by atoms with Crippen molar-refractivity contribution in [2.45, 2.75) is 19.9 Å². The van der Waals surface area contributed by atoms with E-state index in [0.29, 0.717) is 17.0 Å². The van der Waals surface area contributed by atoms with Gasteiger partial charge in [-0.25, -0.2) is 4.79 Å². The van der Waals surface area contributed by atoms with E-state index < -0.39 is 12.6 Å². The number of aromatic nitrogens is 2.